The fourth-order valence-electron chi connectivity index (χ4n) is 1.99. The highest BCUT2D eigenvalue weighted by atomic mass is 15.1. The summed E-state index contributed by atoms with van der Waals surface area (Å²) in [4.78, 5) is 2.19. The third kappa shape index (κ3) is 10.6. The number of terminal acetylenes is 1. The Hall–Kier alpha value is -1.04. The molecule has 110 valence electrons. The van der Waals surface area contributed by atoms with Crippen LogP contribution in [0.2, 0.25) is 0 Å². The van der Waals surface area contributed by atoms with Crippen LogP contribution in [0.3, 0.4) is 0 Å². The minimum Gasteiger partial charge on any atom is -0.312 e. The molecule has 0 bridgehead atoms. The molecule has 0 aromatic heterocycles. The molecule has 0 aliphatic carbocycles. The van der Waals surface area contributed by atoms with Crippen LogP contribution in [-0.2, 0) is 0 Å². The van der Waals surface area contributed by atoms with E-state index in [-0.39, 0.29) is 5.41 Å². The lowest BCUT2D eigenvalue weighted by Gasteiger charge is -2.24. The van der Waals surface area contributed by atoms with Crippen LogP contribution in [-0.4, -0.2) is 38.6 Å². The zero-order chi connectivity index (χ0) is 15.5. The van der Waals surface area contributed by atoms with Crippen molar-refractivity contribution in [2.24, 2.45) is 5.41 Å². The van der Waals surface area contributed by atoms with E-state index >= 15 is 0 Å². The molecule has 1 N–H and O–H groups in total. The highest BCUT2D eigenvalue weighted by molar-refractivity contribution is 5.33. The molecule has 0 radical (unpaired) electrons. The van der Waals surface area contributed by atoms with Crippen LogP contribution in [0.4, 0.5) is 0 Å². The Balaban J connectivity index is 0. The molecule has 0 aromatic rings. The standard InChI is InChI=1S/C15H30N2.C2H2/c1-8-14(15(3,4)5)13(2)9-10-16-11-12-17(6)7;1-2/h8-9,16H,10-12H2,1-7H3;1-2H/b13-9-,14-8+;. The lowest BCUT2D eigenvalue weighted by Crippen LogP contribution is -2.26. The fourth-order valence-corrected chi connectivity index (χ4v) is 1.99. The van der Waals surface area contributed by atoms with Gasteiger partial charge >= 0.3 is 0 Å². The van der Waals surface area contributed by atoms with E-state index in [9.17, 15) is 0 Å². The van der Waals surface area contributed by atoms with Gasteiger partial charge in [-0.05, 0) is 38.9 Å². The molecule has 0 fully saturated rings. The van der Waals surface area contributed by atoms with Gasteiger partial charge in [-0.15, -0.1) is 12.8 Å². The van der Waals surface area contributed by atoms with E-state index in [4.69, 9.17) is 0 Å². The summed E-state index contributed by atoms with van der Waals surface area (Å²) in [6, 6.07) is 0. The third-order valence-electron chi connectivity index (χ3n) is 2.81. The van der Waals surface area contributed by atoms with Crippen molar-refractivity contribution < 1.29 is 0 Å². The highest BCUT2D eigenvalue weighted by Gasteiger charge is 2.16. The Morgan fingerprint density at radius 3 is 2.11 bits per heavy atom. The Morgan fingerprint density at radius 2 is 1.74 bits per heavy atom. The van der Waals surface area contributed by atoms with Crippen LogP contribution in [0.5, 0.6) is 0 Å². The van der Waals surface area contributed by atoms with Crippen molar-refractivity contribution in [3.05, 3.63) is 23.3 Å². The number of hydrogen-bond donors (Lipinski definition) is 1. The second-order valence-corrected chi connectivity index (χ2v) is 5.85. The molecule has 0 aliphatic rings. The van der Waals surface area contributed by atoms with E-state index < -0.39 is 0 Å². The number of hydrogen-bond acceptors (Lipinski definition) is 2. The number of rotatable bonds is 6. The first-order chi connectivity index (χ1) is 8.79. The molecule has 0 spiro atoms. The molecule has 0 saturated heterocycles. The predicted molar refractivity (Wildman–Crippen MR) is 88.3 cm³/mol. The molecular weight excluding hydrogens is 232 g/mol. The van der Waals surface area contributed by atoms with Crippen molar-refractivity contribution in [1.82, 2.24) is 10.2 Å². The summed E-state index contributed by atoms with van der Waals surface area (Å²) in [5.41, 5.74) is 3.06. The molecule has 2 heteroatoms. The number of likely N-dealkylation sites (N-methyl/N-ethyl adjacent to an activating group) is 1. The quantitative estimate of drug-likeness (QED) is 0.450. The first kappa shape index (κ1) is 20.3. The topological polar surface area (TPSA) is 15.3 Å². The van der Waals surface area contributed by atoms with Gasteiger partial charge < -0.3 is 10.2 Å². The van der Waals surface area contributed by atoms with Crippen LogP contribution < -0.4 is 5.32 Å². The molecule has 19 heavy (non-hydrogen) atoms. The van der Waals surface area contributed by atoms with Crippen LogP contribution in [0.25, 0.3) is 0 Å². The van der Waals surface area contributed by atoms with Crippen LogP contribution in [0, 0.1) is 18.3 Å². The van der Waals surface area contributed by atoms with Crippen molar-refractivity contribution in [3.8, 4) is 12.8 Å². The molecule has 2 nitrogen and oxygen atoms in total. The summed E-state index contributed by atoms with van der Waals surface area (Å²) in [5, 5.41) is 3.43. The van der Waals surface area contributed by atoms with E-state index in [0.717, 1.165) is 19.6 Å². The number of nitrogens with zero attached hydrogens (tertiary/aromatic N) is 1. The molecule has 0 aromatic carbocycles. The first-order valence-corrected chi connectivity index (χ1v) is 6.81. The van der Waals surface area contributed by atoms with Gasteiger partial charge in [0.25, 0.3) is 0 Å². The van der Waals surface area contributed by atoms with Crippen LogP contribution in [0.15, 0.2) is 23.3 Å². The van der Waals surface area contributed by atoms with Gasteiger partial charge in [-0.25, -0.2) is 0 Å². The molecule has 0 amide bonds. The van der Waals surface area contributed by atoms with E-state index in [0.29, 0.717) is 0 Å². The van der Waals surface area contributed by atoms with Crippen molar-refractivity contribution in [1.29, 1.82) is 0 Å². The summed E-state index contributed by atoms with van der Waals surface area (Å²) in [7, 11) is 4.20. The van der Waals surface area contributed by atoms with Gasteiger partial charge in [-0.3, -0.25) is 0 Å². The van der Waals surface area contributed by atoms with Gasteiger partial charge in [0.2, 0.25) is 0 Å². The monoisotopic (exact) mass is 264 g/mol. The second kappa shape index (κ2) is 10.8. The van der Waals surface area contributed by atoms with Gasteiger partial charge in [0.05, 0.1) is 0 Å². The van der Waals surface area contributed by atoms with Crippen molar-refractivity contribution >= 4 is 0 Å². The number of nitrogens with one attached hydrogen (secondary N) is 1. The van der Waals surface area contributed by atoms with Gasteiger partial charge in [-0.2, -0.15) is 0 Å². The van der Waals surface area contributed by atoms with E-state index in [1.807, 2.05) is 0 Å². The molecule has 0 rings (SSSR count). The van der Waals surface area contributed by atoms with Crippen molar-refractivity contribution in [2.45, 2.75) is 34.6 Å². The molecule has 0 atom stereocenters. The fraction of sp³-hybridized carbons (Fsp3) is 0.647. The zero-order valence-corrected chi connectivity index (χ0v) is 13.9. The van der Waals surface area contributed by atoms with Crippen LogP contribution in [0.1, 0.15) is 34.6 Å². The Bertz CT molecular complexity index is 301. The lowest BCUT2D eigenvalue weighted by atomic mass is 9.82. The van der Waals surface area contributed by atoms with Gasteiger partial charge in [-0.1, -0.05) is 38.5 Å². The average molecular weight is 264 g/mol. The minimum absolute atomic E-state index is 0.235. The van der Waals surface area contributed by atoms with E-state index in [2.05, 4.69) is 83.9 Å². The van der Waals surface area contributed by atoms with Gasteiger partial charge in [0.1, 0.15) is 0 Å². The summed E-state index contributed by atoms with van der Waals surface area (Å²) in [5.74, 6) is 0. The third-order valence-corrected chi connectivity index (χ3v) is 2.81. The maximum Gasteiger partial charge on any atom is 0.0141 e. The van der Waals surface area contributed by atoms with Crippen molar-refractivity contribution in [3.63, 3.8) is 0 Å². The Labute approximate surface area is 121 Å². The van der Waals surface area contributed by atoms with E-state index in [1.165, 1.54) is 11.1 Å². The number of allylic oxidation sites excluding steroid dienone is 3. The first-order valence-electron chi connectivity index (χ1n) is 6.81. The smallest absolute Gasteiger partial charge is 0.0141 e. The van der Waals surface area contributed by atoms with Crippen LogP contribution >= 0.6 is 0 Å². The van der Waals surface area contributed by atoms with Crippen molar-refractivity contribution in [2.75, 3.05) is 33.7 Å². The summed E-state index contributed by atoms with van der Waals surface area (Å²) in [6.45, 7) is 14.2. The molecule has 0 aliphatic heterocycles. The largest absolute Gasteiger partial charge is 0.312 e. The molecule has 0 saturated carbocycles. The normalized spacial score (nSPS) is 13.2. The molecular formula is C17H32N2. The second-order valence-electron chi connectivity index (χ2n) is 5.85. The lowest BCUT2D eigenvalue weighted by molar-refractivity contribution is 0.404. The average Bonchev–Trinajstić information content (AvgIpc) is 2.29. The molecule has 0 heterocycles. The van der Waals surface area contributed by atoms with Gasteiger partial charge in [0.15, 0.2) is 0 Å². The Morgan fingerprint density at radius 1 is 1.21 bits per heavy atom. The molecule has 0 unspecified atom stereocenters. The zero-order valence-electron chi connectivity index (χ0n) is 13.9. The highest BCUT2D eigenvalue weighted by Crippen LogP contribution is 2.30. The summed E-state index contributed by atoms with van der Waals surface area (Å²) < 4.78 is 0. The van der Waals surface area contributed by atoms with Gasteiger partial charge in [0, 0.05) is 19.6 Å². The summed E-state index contributed by atoms with van der Waals surface area (Å²) >= 11 is 0. The Kier molecular flexibility index (Phi) is 11.6. The predicted octanol–water partition coefficient (Wildman–Crippen LogP) is 3.33. The maximum atomic E-state index is 4.00. The SMILES string of the molecule is C#C.C/C=C(\C(C)=C/CNCCN(C)C)C(C)(C)C. The maximum absolute atomic E-state index is 4.00. The summed E-state index contributed by atoms with van der Waals surface area (Å²) in [6.07, 6.45) is 12.5. The van der Waals surface area contributed by atoms with E-state index in [1.54, 1.807) is 0 Å². The minimum atomic E-state index is 0.235.